The van der Waals surface area contributed by atoms with Gasteiger partial charge in [0, 0.05) is 0 Å². The first-order chi connectivity index (χ1) is 9.08. The standard InChI is InChI=1S/C13H13N3O3/c1-8-11(19-7-15-8)6-12(17)16-10-5-3-2-4-9(10)13(14)18/h2-5,7H,6H2,1H3,(H2,14,18)(H,16,17). The number of rotatable bonds is 4. The maximum absolute atomic E-state index is 11.9. The van der Waals surface area contributed by atoms with Crippen molar-refractivity contribution in [3.63, 3.8) is 0 Å². The summed E-state index contributed by atoms with van der Waals surface area (Å²) in [7, 11) is 0. The lowest BCUT2D eigenvalue weighted by atomic mass is 10.1. The number of hydrogen-bond acceptors (Lipinski definition) is 4. The molecule has 6 heteroatoms. The molecular weight excluding hydrogens is 246 g/mol. The lowest BCUT2D eigenvalue weighted by Crippen LogP contribution is -2.19. The Bertz CT molecular complexity index is 619. The van der Waals surface area contributed by atoms with Gasteiger partial charge in [-0.3, -0.25) is 9.59 Å². The Labute approximate surface area is 109 Å². The molecule has 2 rings (SSSR count). The van der Waals surface area contributed by atoms with Crippen LogP contribution in [-0.4, -0.2) is 16.8 Å². The molecule has 2 amide bonds. The van der Waals surface area contributed by atoms with Crippen molar-refractivity contribution in [3.8, 4) is 0 Å². The fourth-order valence-electron chi connectivity index (χ4n) is 1.64. The molecule has 1 heterocycles. The molecule has 98 valence electrons. The van der Waals surface area contributed by atoms with Crippen LogP contribution in [0.25, 0.3) is 0 Å². The van der Waals surface area contributed by atoms with Gasteiger partial charge in [0.1, 0.15) is 5.76 Å². The first-order valence-electron chi connectivity index (χ1n) is 5.65. The number of amides is 2. The van der Waals surface area contributed by atoms with Gasteiger partial charge < -0.3 is 15.5 Å². The van der Waals surface area contributed by atoms with E-state index in [0.29, 0.717) is 17.1 Å². The normalized spacial score (nSPS) is 10.2. The highest BCUT2D eigenvalue weighted by Gasteiger charge is 2.13. The van der Waals surface area contributed by atoms with Gasteiger partial charge in [-0.15, -0.1) is 0 Å². The number of hydrogen-bond donors (Lipinski definition) is 2. The van der Waals surface area contributed by atoms with Crippen LogP contribution in [0.15, 0.2) is 35.1 Å². The number of oxazole rings is 1. The molecule has 0 unspecified atom stereocenters. The van der Waals surface area contributed by atoms with E-state index in [0.717, 1.165) is 0 Å². The molecule has 0 atom stereocenters. The molecule has 0 fully saturated rings. The van der Waals surface area contributed by atoms with E-state index < -0.39 is 5.91 Å². The maximum atomic E-state index is 11.9. The number of nitrogens with two attached hydrogens (primary N) is 1. The molecule has 1 aromatic carbocycles. The summed E-state index contributed by atoms with van der Waals surface area (Å²) in [5.41, 5.74) is 6.55. The molecule has 0 aliphatic heterocycles. The van der Waals surface area contributed by atoms with Crippen molar-refractivity contribution in [2.45, 2.75) is 13.3 Å². The Morgan fingerprint density at radius 3 is 2.74 bits per heavy atom. The molecule has 6 nitrogen and oxygen atoms in total. The van der Waals surface area contributed by atoms with Crippen LogP contribution in [0.5, 0.6) is 0 Å². The molecule has 19 heavy (non-hydrogen) atoms. The van der Waals surface area contributed by atoms with Crippen LogP contribution in [0.3, 0.4) is 0 Å². The minimum atomic E-state index is -0.591. The Hall–Kier alpha value is -2.63. The monoisotopic (exact) mass is 259 g/mol. The average Bonchev–Trinajstić information content (AvgIpc) is 2.75. The van der Waals surface area contributed by atoms with Crippen LogP contribution in [-0.2, 0) is 11.2 Å². The van der Waals surface area contributed by atoms with E-state index in [1.807, 2.05) is 0 Å². The Balaban J connectivity index is 2.11. The fourth-order valence-corrected chi connectivity index (χ4v) is 1.64. The van der Waals surface area contributed by atoms with E-state index >= 15 is 0 Å². The molecule has 0 bridgehead atoms. The van der Waals surface area contributed by atoms with E-state index in [2.05, 4.69) is 10.3 Å². The number of aromatic nitrogens is 1. The highest BCUT2D eigenvalue weighted by Crippen LogP contribution is 2.15. The smallest absolute Gasteiger partial charge is 0.250 e. The van der Waals surface area contributed by atoms with Gasteiger partial charge in [0.05, 0.1) is 23.4 Å². The molecule has 3 N–H and O–H groups in total. The summed E-state index contributed by atoms with van der Waals surface area (Å²) >= 11 is 0. The van der Waals surface area contributed by atoms with Crippen molar-refractivity contribution in [1.29, 1.82) is 0 Å². The van der Waals surface area contributed by atoms with Crippen molar-refractivity contribution in [3.05, 3.63) is 47.7 Å². The number of carbonyl (C=O) groups excluding carboxylic acids is 2. The molecular formula is C13H13N3O3. The van der Waals surface area contributed by atoms with E-state index in [1.165, 1.54) is 6.39 Å². The van der Waals surface area contributed by atoms with Crippen LogP contribution in [0.1, 0.15) is 21.8 Å². The summed E-state index contributed by atoms with van der Waals surface area (Å²) in [6.07, 6.45) is 1.34. The number of aryl methyl sites for hydroxylation is 1. The molecule has 0 spiro atoms. The molecule has 0 saturated heterocycles. The van der Waals surface area contributed by atoms with Gasteiger partial charge in [-0.2, -0.15) is 0 Å². The third-order valence-electron chi connectivity index (χ3n) is 2.63. The SMILES string of the molecule is Cc1ncoc1CC(=O)Nc1ccccc1C(N)=O. The zero-order valence-electron chi connectivity index (χ0n) is 10.3. The van der Waals surface area contributed by atoms with Gasteiger partial charge in [0.15, 0.2) is 6.39 Å². The van der Waals surface area contributed by atoms with Crippen molar-refractivity contribution < 1.29 is 14.0 Å². The van der Waals surface area contributed by atoms with E-state index in [9.17, 15) is 9.59 Å². The quantitative estimate of drug-likeness (QED) is 0.863. The number of primary amides is 1. The largest absolute Gasteiger partial charge is 0.448 e. The summed E-state index contributed by atoms with van der Waals surface area (Å²) in [6.45, 7) is 1.75. The summed E-state index contributed by atoms with van der Waals surface area (Å²) in [6, 6.07) is 6.56. The number of anilines is 1. The summed E-state index contributed by atoms with van der Waals surface area (Å²) in [4.78, 5) is 27.0. The van der Waals surface area contributed by atoms with Gasteiger partial charge >= 0.3 is 0 Å². The second-order valence-corrected chi connectivity index (χ2v) is 4.00. The van der Waals surface area contributed by atoms with Crippen LogP contribution < -0.4 is 11.1 Å². The van der Waals surface area contributed by atoms with Crippen molar-refractivity contribution >= 4 is 17.5 Å². The Morgan fingerprint density at radius 2 is 2.11 bits per heavy atom. The van der Waals surface area contributed by atoms with Gasteiger partial charge in [0.2, 0.25) is 5.91 Å². The van der Waals surface area contributed by atoms with E-state index in [1.54, 1.807) is 31.2 Å². The number of para-hydroxylation sites is 1. The maximum Gasteiger partial charge on any atom is 0.250 e. The van der Waals surface area contributed by atoms with Crippen molar-refractivity contribution in [2.75, 3.05) is 5.32 Å². The zero-order valence-corrected chi connectivity index (χ0v) is 10.3. The Morgan fingerprint density at radius 1 is 1.37 bits per heavy atom. The third-order valence-corrected chi connectivity index (χ3v) is 2.63. The topological polar surface area (TPSA) is 98.2 Å². The average molecular weight is 259 g/mol. The second kappa shape index (κ2) is 5.34. The van der Waals surface area contributed by atoms with Gasteiger partial charge in [-0.05, 0) is 19.1 Å². The lowest BCUT2D eigenvalue weighted by Gasteiger charge is -2.07. The number of carbonyl (C=O) groups is 2. The van der Waals surface area contributed by atoms with Crippen molar-refractivity contribution in [2.24, 2.45) is 5.73 Å². The van der Waals surface area contributed by atoms with Gasteiger partial charge in [0.25, 0.3) is 5.91 Å². The van der Waals surface area contributed by atoms with Gasteiger partial charge in [-0.1, -0.05) is 12.1 Å². The minimum absolute atomic E-state index is 0.0545. The van der Waals surface area contributed by atoms with Crippen LogP contribution in [0.4, 0.5) is 5.69 Å². The van der Waals surface area contributed by atoms with Crippen LogP contribution >= 0.6 is 0 Å². The second-order valence-electron chi connectivity index (χ2n) is 4.00. The summed E-state index contributed by atoms with van der Waals surface area (Å²) in [5, 5.41) is 2.63. The first-order valence-corrected chi connectivity index (χ1v) is 5.65. The first kappa shape index (κ1) is 12.8. The predicted octanol–water partition coefficient (Wildman–Crippen LogP) is 1.26. The molecule has 0 aliphatic carbocycles. The van der Waals surface area contributed by atoms with Crippen LogP contribution in [0.2, 0.25) is 0 Å². The van der Waals surface area contributed by atoms with E-state index in [-0.39, 0.29) is 17.9 Å². The molecule has 0 radical (unpaired) electrons. The highest BCUT2D eigenvalue weighted by atomic mass is 16.3. The minimum Gasteiger partial charge on any atom is -0.448 e. The zero-order chi connectivity index (χ0) is 13.8. The Kier molecular flexibility index (Phi) is 3.61. The molecule has 1 aromatic heterocycles. The van der Waals surface area contributed by atoms with Gasteiger partial charge in [-0.25, -0.2) is 4.98 Å². The predicted molar refractivity (Wildman–Crippen MR) is 68.5 cm³/mol. The van der Waals surface area contributed by atoms with Crippen LogP contribution in [0, 0.1) is 6.92 Å². The van der Waals surface area contributed by atoms with E-state index in [4.69, 9.17) is 10.2 Å². The fraction of sp³-hybridized carbons (Fsp3) is 0.154. The number of benzene rings is 1. The lowest BCUT2D eigenvalue weighted by molar-refractivity contribution is -0.115. The molecule has 2 aromatic rings. The summed E-state index contributed by atoms with van der Waals surface area (Å²) < 4.78 is 5.09. The summed E-state index contributed by atoms with van der Waals surface area (Å²) in [5.74, 6) is -0.394. The highest BCUT2D eigenvalue weighted by molar-refractivity contribution is 6.03. The molecule has 0 aliphatic rings. The third kappa shape index (κ3) is 2.98. The number of nitrogens with one attached hydrogen (secondary N) is 1. The number of nitrogens with zero attached hydrogens (tertiary/aromatic N) is 1. The van der Waals surface area contributed by atoms with Crippen molar-refractivity contribution in [1.82, 2.24) is 4.98 Å². The molecule has 0 saturated carbocycles.